The van der Waals surface area contributed by atoms with Crippen molar-refractivity contribution in [2.24, 2.45) is 0 Å². The zero-order chi connectivity index (χ0) is 16.3. The summed E-state index contributed by atoms with van der Waals surface area (Å²) in [4.78, 5) is 25.3. The van der Waals surface area contributed by atoms with Crippen molar-refractivity contribution < 1.29 is 24.2 Å². The molecule has 1 N–H and O–H groups in total. The monoisotopic (exact) mass is 307 g/mol. The van der Waals surface area contributed by atoms with Gasteiger partial charge in [-0.15, -0.1) is 0 Å². The van der Waals surface area contributed by atoms with Crippen LogP contribution in [0.1, 0.15) is 27.9 Å². The molecule has 0 bridgehead atoms. The molecule has 1 atom stereocenters. The lowest BCUT2D eigenvalue weighted by molar-refractivity contribution is -0.139. The van der Waals surface area contributed by atoms with E-state index in [-0.39, 0.29) is 18.9 Å². The van der Waals surface area contributed by atoms with Crippen molar-refractivity contribution in [3.05, 3.63) is 28.8 Å². The van der Waals surface area contributed by atoms with Gasteiger partial charge in [-0.25, -0.2) is 0 Å². The topological polar surface area (TPSA) is 76.1 Å². The van der Waals surface area contributed by atoms with E-state index in [1.165, 1.54) is 0 Å². The molecule has 1 aliphatic rings. The summed E-state index contributed by atoms with van der Waals surface area (Å²) in [5.74, 6) is -0.334. The molecule has 0 spiro atoms. The lowest BCUT2D eigenvalue weighted by Gasteiger charge is -2.35. The summed E-state index contributed by atoms with van der Waals surface area (Å²) in [5, 5.41) is 8.98. The molecule has 0 saturated carbocycles. The standard InChI is InChI=1S/C16H21NO5/c1-10-6-12(7-11(2)15(10)21-3)16(20)17-4-5-22-9-13(17)8-14(18)19/h6-7,13H,4-5,8-9H2,1-3H3,(H,18,19)/t13-/m0/s1. The number of carbonyl (C=O) groups excluding carboxylic acids is 1. The highest BCUT2D eigenvalue weighted by molar-refractivity contribution is 5.95. The third-order valence-electron chi connectivity index (χ3n) is 3.81. The highest BCUT2D eigenvalue weighted by Gasteiger charge is 2.30. The first-order chi connectivity index (χ1) is 10.4. The molecule has 1 aromatic rings. The molecule has 22 heavy (non-hydrogen) atoms. The minimum atomic E-state index is -0.935. The average molecular weight is 307 g/mol. The number of hydrogen-bond acceptors (Lipinski definition) is 4. The van der Waals surface area contributed by atoms with Crippen LogP contribution >= 0.6 is 0 Å². The Morgan fingerprint density at radius 1 is 1.36 bits per heavy atom. The van der Waals surface area contributed by atoms with Gasteiger partial charge in [0, 0.05) is 12.1 Å². The van der Waals surface area contributed by atoms with Crippen LogP contribution in [0.5, 0.6) is 5.75 Å². The predicted molar refractivity (Wildman–Crippen MR) is 80.4 cm³/mol. The van der Waals surface area contributed by atoms with Gasteiger partial charge in [-0.05, 0) is 37.1 Å². The van der Waals surface area contributed by atoms with Gasteiger partial charge in [-0.3, -0.25) is 9.59 Å². The first-order valence-electron chi connectivity index (χ1n) is 7.19. The van der Waals surface area contributed by atoms with Gasteiger partial charge >= 0.3 is 5.97 Å². The van der Waals surface area contributed by atoms with Gasteiger partial charge in [-0.1, -0.05) is 0 Å². The maximum absolute atomic E-state index is 12.7. The summed E-state index contributed by atoms with van der Waals surface area (Å²) >= 11 is 0. The Kier molecular flexibility index (Phi) is 5.03. The summed E-state index contributed by atoms with van der Waals surface area (Å²) in [6.07, 6.45) is -0.111. The van der Waals surface area contributed by atoms with Gasteiger partial charge in [0.05, 0.1) is 32.8 Å². The number of benzene rings is 1. The lowest BCUT2D eigenvalue weighted by Crippen LogP contribution is -2.49. The number of ether oxygens (including phenoxy) is 2. The summed E-state index contributed by atoms with van der Waals surface area (Å²) in [6.45, 7) is 4.86. The molecule has 1 saturated heterocycles. The van der Waals surface area contributed by atoms with Crippen LogP contribution in [0.2, 0.25) is 0 Å². The Morgan fingerprint density at radius 2 is 2.00 bits per heavy atom. The van der Waals surface area contributed by atoms with E-state index in [4.69, 9.17) is 14.6 Å². The molecule has 1 heterocycles. The van der Waals surface area contributed by atoms with E-state index in [9.17, 15) is 9.59 Å². The molecule has 120 valence electrons. The normalized spacial score (nSPS) is 18.1. The molecule has 1 aliphatic heterocycles. The van der Waals surface area contributed by atoms with Crippen molar-refractivity contribution in [3.8, 4) is 5.75 Å². The molecule has 0 radical (unpaired) electrons. The smallest absolute Gasteiger partial charge is 0.305 e. The van der Waals surface area contributed by atoms with Crippen molar-refractivity contribution in [1.29, 1.82) is 0 Å². The lowest BCUT2D eigenvalue weighted by atomic mass is 10.0. The Bertz CT molecular complexity index is 561. The second-order valence-corrected chi connectivity index (χ2v) is 5.47. The van der Waals surface area contributed by atoms with Crippen LogP contribution in [-0.2, 0) is 9.53 Å². The SMILES string of the molecule is COc1c(C)cc(C(=O)N2CCOC[C@@H]2CC(=O)O)cc1C. The van der Waals surface area contributed by atoms with E-state index >= 15 is 0 Å². The number of carboxylic acid groups (broad SMARTS) is 1. The van der Waals surface area contributed by atoms with Gasteiger partial charge < -0.3 is 19.5 Å². The molecule has 6 nitrogen and oxygen atoms in total. The summed E-state index contributed by atoms with van der Waals surface area (Å²) in [6, 6.07) is 3.13. The Labute approximate surface area is 129 Å². The van der Waals surface area contributed by atoms with E-state index in [1.807, 2.05) is 13.8 Å². The maximum atomic E-state index is 12.7. The van der Waals surface area contributed by atoms with Crippen LogP contribution in [-0.4, -0.2) is 54.8 Å². The van der Waals surface area contributed by atoms with E-state index < -0.39 is 12.0 Å². The number of carbonyl (C=O) groups is 2. The van der Waals surface area contributed by atoms with Crippen molar-refractivity contribution in [2.75, 3.05) is 26.9 Å². The molecule has 1 fully saturated rings. The highest BCUT2D eigenvalue weighted by atomic mass is 16.5. The van der Waals surface area contributed by atoms with Gasteiger partial charge in [-0.2, -0.15) is 0 Å². The van der Waals surface area contributed by atoms with Gasteiger partial charge in [0.15, 0.2) is 0 Å². The molecular formula is C16H21NO5. The van der Waals surface area contributed by atoms with Crippen LogP contribution in [0.15, 0.2) is 12.1 Å². The zero-order valence-electron chi connectivity index (χ0n) is 13.1. The molecule has 0 unspecified atom stereocenters. The second kappa shape index (κ2) is 6.79. The van der Waals surface area contributed by atoms with E-state index in [2.05, 4.69) is 0 Å². The minimum absolute atomic E-state index is 0.111. The van der Waals surface area contributed by atoms with Gasteiger partial charge in [0.1, 0.15) is 5.75 Å². The van der Waals surface area contributed by atoms with Crippen molar-refractivity contribution in [2.45, 2.75) is 26.3 Å². The minimum Gasteiger partial charge on any atom is -0.496 e. The van der Waals surface area contributed by atoms with Crippen LogP contribution < -0.4 is 4.74 Å². The fraction of sp³-hybridized carbons (Fsp3) is 0.500. The number of carboxylic acids is 1. The number of aryl methyl sites for hydroxylation is 2. The number of nitrogens with zero attached hydrogens (tertiary/aromatic N) is 1. The Balaban J connectivity index is 2.27. The van der Waals surface area contributed by atoms with Crippen molar-refractivity contribution in [1.82, 2.24) is 4.90 Å². The summed E-state index contributed by atoms with van der Waals surface area (Å²) in [7, 11) is 1.60. The van der Waals surface area contributed by atoms with Crippen molar-refractivity contribution in [3.63, 3.8) is 0 Å². The fourth-order valence-electron chi connectivity index (χ4n) is 2.85. The molecule has 1 aromatic carbocycles. The van der Waals surface area contributed by atoms with E-state index in [0.717, 1.165) is 16.9 Å². The van der Waals surface area contributed by atoms with Crippen LogP contribution in [0.25, 0.3) is 0 Å². The zero-order valence-corrected chi connectivity index (χ0v) is 13.1. The van der Waals surface area contributed by atoms with Crippen LogP contribution in [0.4, 0.5) is 0 Å². The Hall–Kier alpha value is -2.08. The molecule has 0 aromatic heterocycles. The number of amides is 1. The fourth-order valence-corrected chi connectivity index (χ4v) is 2.85. The predicted octanol–water partition coefficient (Wildman–Crippen LogP) is 1.63. The third kappa shape index (κ3) is 3.39. The van der Waals surface area contributed by atoms with E-state index in [0.29, 0.717) is 18.7 Å². The number of morpholine rings is 1. The highest BCUT2D eigenvalue weighted by Crippen LogP contribution is 2.26. The number of rotatable bonds is 4. The molecule has 0 aliphatic carbocycles. The number of hydrogen-bond donors (Lipinski definition) is 1. The largest absolute Gasteiger partial charge is 0.496 e. The molecule has 2 rings (SSSR count). The number of aliphatic carboxylic acids is 1. The first kappa shape index (κ1) is 16.3. The van der Waals surface area contributed by atoms with Crippen LogP contribution in [0.3, 0.4) is 0 Å². The average Bonchev–Trinajstić information content (AvgIpc) is 2.46. The van der Waals surface area contributed by atoms with Crippen LogP contribution in [0, 0.1) is 13.8 Å². The first-order valence-corrected chi connectivity index (χ1v) is 7.19. The second-order valence-electron chi connectivity index (χ2n) is 5.47. The Morgan fingerprint density at radius 3 is 2.55 bits per heavy atom. The van der Waals surface area contributed by atoms with Crippen molar-refractivity contribution >= 4 is 11.9 Å². The third-order valence-corrected chi connectivity index (χ3v) is 3.81. The van der Waals surface area contributed by atoms with Gasteiger partial charge in [0.2, 0.25) is 0 Å². The molecule has 6 heteroatoms. The maximum Gasteiger partial charge on any atom is 0.305 e. The van der Waals surface area contributed by atoms with Gasteiger partial charge in [0.25, 0.3) is 5.91 Å². The quantitative estimate of drug-likeness (QED) is 0.915. The molecule has 1 amide bonds. The summed E-state index contributed by atoms with van der Waals surface area (Å²) < 4.78 is 10.6. The summed E-state index contributed by atoms with van der Waals surface area (Å²) in [5.41, 5.74) is 2.32. The number of methoxy groups -OCH3 is 1. The van der Waals surface area contributed by atoms with E-state index in [1.54, 1.807) is 24.1 Å². The molecular weight excluding hydrogens is 286 g/mol.